The van der Waals surface area contributed by atoms with E-state index in [4.69, 9.17) is 9.98 Å². The Labute approximate surface area is 212 Å². The minimum atomic E-state index is -0.302. The highest BCUT2D eigenvalue weighted by molar-refractivity contribution is 5.95. The molecule has 192 valence electrons. The second-order valence-electron chi connectivity index (χ2n) is 9.03. The summed E-state index contributed by atoms with van der Waals surface area (Å²) < 4.78 is 3.66. The van der Waals surface area contributed by atoms with E-state index in [2.05, 4.69) is 75.3 Å². The summed E-state index contributed by atoms with van der Waals surface area (Å²) in [6, 6.07) is 2.52. The minimum Gasteiger partial charge on any atom is -0.301 e. The molecule has 0 bridgehead atoms. The van der Waals surface area contributed by atoms with Crippen molar-refractivity contribution in [2.45, 2.75) is 93.3 Å². The smallest absolute Gasteiger partial charge is 0.301 e. The third-order valence-electron chi connectivity index (χ3n) is 6.44. The molecule has 2 unspecified atom stereocenters. The molecule has 1 aromatic heterocycles. The van der Waals surface area contributed by atoms with Crippen LogP contribution in [0.1, 0.15) is 78.6 Å². The SMILES string of the molecule is C=NN(C1=NC(n2nc(C)cc2C)=NC(/C(=C/CC)CCC(C)N(CC)CC)[N+]1=C)/C(C)=C\CC. The molecule has 2 rings (SSSR count). The zero-order valence-corrected chi connectivity index (χ0v) is 23.1. The first-order valence-electron chi connectivity index (χ1n) is 12.9. The fourth-order valence-electron chi connectivity index (χ4n) is 4.57. The van der Waals surface area contributed by atoms with E-state index in [-0.39, 0.29) is 6.17 Å². The van der Waals surface area contributed by atoms with Crippen LogP contribution in [0.2, 0.25) is 0 Å². The van der Waals surface area contributed by atoms with Crippen molar-refractivity contribution in [3.8, 4) is 0 Å². The molecule has 2 heterocycles. The highest BCUT2D eigenvalue weighted by Gasteiger charge is 2.37. The van der Waals surface area contributed by atoms with E-state index in [9.17, 15) is 0 Å². The van der Waals surface area contributed by atoms with E-state index in [1.807, 2.05) is 31.4 Å². The molecule has 0 saturated carbocycles. The van der Waals surface area contributed by atoms with Gasteiger partial charge in [-0.25, -0.2) is 4.58 Å². The Morgan fingerprint density at radius 3 is 2.37 bits per heavy atom. The minimum absolute atomic E-state index is 0.302. The van der Waals surface area contributed by atoms with Gasteiger partial charge in [-0.15, -0.1) is 10.1 Å². The Morgan fingerprint density at radius 2 is 1.86 bits per heavy atom. The molecule has 0 N–H and O–H groups in total. The predicted octanol–water partition coefficient (Wildman–Crippen LogP) is 5.19. The Balaban J connectivity index is 2.55. The van der Waals surface area contributed by atoms with Crippen molar-refractivity contribution in [1.29, 1.82) is 0 Å². The van der Waals surface area contributed by atoms with Crippen LogP contribution < -0.4 is 0 Å². The van der Waals surface area contributed by atoms with Crippen LogP contribution in [0, 0.1) is 13.8 Å². The zero-order chi connectivity index (χ0) is 26.1. The summed E-state index contributed by atoms with van der Waals surface area (Å²) in [5.74, 6) is 1.12. The van der Waals surface area contributed by atoms with Gasteiger partial charge in [0.15, 0.2) is 6.17 Å². The molecule has 1 aliphatic rings. The third-order valence-corrected chi connectivity index (χ3v) is 6.44. The number of aryl methyl sites for hydroxylation is 2. The Bertz CT molecular complexity index is 1010. The molecule has 0 aliphatic carbocycles. The Hall–Kier alpha value is -2.87. The van der Waals surface area contributed by atoms with Crippen LogP contribution in [-0.4, -0.2) is 74.9 Å². The first-order valence-corrected chi connectivity index (χ1v) is 12.9. The maximum atomic E-state index is 5.06. The van der Waals surface area contributed by atoms with Gasteiger partial charge in [0.2, 0.25) is 0 Å². The van der Waals surface area contributed by atoms with Gasteiger partial charge >= 0.3 is 11.9 Å². The summed E-state index contributed by atoms with van der Waals surface area (Å²) in [4.78, 5) is 12.4. The summed E-state index contributed by atoms with van der Waals surface area (Å²) in [6.07, 6.45) is 7.86. The van der Waals surface area contributed by atoms with Crippen LogP contribution in [-0.2, 0) is 0 Å². The summed E-state index contributed by atoms with van der Waals surface area (Å²) in [7, 11) is 0. The molecule has 1 aromatic rings. The molecule has 0 saturated heterocycles. The maximum absolute atomic E-state index is 5.06. The molecule has 35 heavy (non-hydrogen) atoms. The van der Waals surface area contributed by atoms with E-state index in [0.717, 1.165) is 55.9 Å². The van der Waals surface area contributed by atoms with Crippen molar-refractivity contribution in [2.75, 3.05) is 13.1 Å². The first-order chi connectivity index (χ1) is 16.7. The van der Waals surface area contributed by atoms with Crippen LogP contribution in [0.25, 0.3) is 0 Å². The summed E-state index contributed by atoms with van der Waals surface area (Å²) in [5.41, 5.74) is 4.08. The van der Waals surface area contributed by atoms with Gasteiger partial charge in [-0.2, -0.15) is 14.8 Å². The summed E-state index contributed by atoms with van der Waals surface area (Å²) >= 11 is 0. The quantitative estimate of drug-likeness (QED) is 0.189. The van der Waals surface area contributed by atoms with Gasteiger partial charge in [-0.1, -0.05) is 33.8 Å². The lowest BCUT2D eigenvalue weighted by atomic mass is 10.0. The molecule has 0 radical (unpaired) electrons. The highest BCUT2D eigenvalue weighted by atomic mass is 15.6. The van der Waals surface area contributed by atoms with E-state index >= 15 is 0 Å². The van der Waals surface area contributed by atoms with Crippen molar-refractivity contribution >= 4 is 25.4 Å². The van der Waals surface area contributed by atoms with Crippen molar-refractivity contribution < 1.29 is 4.58 Å². The van der Waals surface area contributed by atoms with Crippen LogP contribution in [0.3, 0.4) is 0 Å². The standard InChI is InChI=1S/C27H45N8/c1-11-15-22(7)35(28-9)27-30-26(34-23(8)19-20(5)31-34)29-25(32(27)10)24(16-12-2)18-17-21(6)33(13-3)14-4/h15-16,19,21,25H,9-14,17-18H2,1-8H3/q+1/b22-15-,24-16+. The van der Waals surface area contributed by atoms with Crippen molar-refractivity contribution in [1.82, 2.24) is 19.7 Å². The second-order valence-corrected chi connectivity index (χ2v) is 9.03. The van der Waals surface area contributed by atoms with Gasteiger partial charge in [-0.05, 0) is 89.2 Å². The van der Waals surface area contributed by atoms with Gasteiger partial charge in [0.05, 0.1) is 11.4 Å². The zero-order valence-electron chi connectivity index (χ0n) is 23.1. The van der Waals surface area contributed by atoms with Gasteiger partial charge < -0.3 is 4.90 Å². The van der Waals surface area contributed by atoms with Crippen LogP contribution in [0.15, 0.2) is 44.6 Å². The van der Waals surface area contributed by atoms with Crippen LogP contribution >= 0.6 is 0 Å². The number of hydrogen-bond acceptors (Lipinski definition) is 6. The second kappa shape index (κ2) is 13.3. The van der Waals surface area contributed by atoms with Gasteiger partial charge in [0.25, 0.3) is 0 Å². The lowest BCUT2D eigenvalue weighted by Gasteiger charge is -2.28. The van der Waals surface area contributed by atoms with Crippen molar-refractivity contribution in [3.05, 3.63) is 40.9 Å². The number of hydrogen-bond donors (Lipinski definition) is 0. The molecule has 0 fully saturated rings. The molecule has 0 aromatic carbocycles. The van der Waals surface area contributed by atoms with Crippen molar-refractivity contribution in [3.63, 3.8) is 0 Å². The fraction of sp³-hybridized carbons (Fsp3) is 0.593. The Morgan fingerprint density at radius 1 is 1.20 bits per heavy atom. The maximum Gasteiger partial charge on any atom is 0.428 e. The number of aliphatic imine (C=N–C) groups is 2. The normalized spacial score (nSPS) is 18.0. The first kappa shape index (κ1) is 28.4. The average molecular weight is 482 g/mol. The molecule has 1 aliphatic heterocycles. The largest absolute Gasteiger partial charge is 0.428 e. The highest BCUT2D eigenvalue weighted by Crippen LogP contribution is 2.24. The molecule has 8 nitrogen and oxygen atoms in total. The van der Waals surface area contributed by atoms with Gasteiger partial charge in [-0.3, -0.25) is 0 Å². The third kappa shape index (κ3) is 6.84. The van der Waals surface area contributed by atoms with E-state index in [1.54, 1.807) is 9.69 Å². The topological polar surface area (TPSA) is 64.4 Å². The lowest BCUT2D eigenvalue weighted by Crippen LogP contribution is -2.44. The Kier molecular flexibility index (Phi) is 10.8. The molecule has 2 atom stereocenters. The lowest BCUT2D eigenvalue weighted by molar-refractivity contribution is -0.444. The molecule has 0 amide bonds. The number of rotatable bonds is 11. The van der Waals surface area contributed by atoms with Crippen molar-refractivity contribution in [2.24, 2.45) is 15.1 Å². The fourth-order valence-corrected chi connectivity index (χ4v) is 4.57. The molecular formula is C27H45N8+. The van der Waals surface area contributed by atoms with E-state index < -0.39 is 0 Å². The van der Waals surface area contributed by atoms with Gasteiger partial charge in [0, 0.05) is 25.2 Å². The van der Waals surface area contributed by atoms with Crippen LogP contribution in [0.4, 0.5) is 0 Å². The number of guanidine groups is 1. The summed E-state index contributed by atoms with van der Waals surface area (Å²) in [6.45, 7) is 27.3. The predicted molar refractivity (Wildman–Crippen MR) is 149 cm³/mol. The van der Waals surface area contributed by atoms with E-state index in [0.29, 0.717) is 18.0 Å². The number of nitrogens with zero attached hydrogens (tertiary/aromatic N) is 8. The van der Waals surface area contributed by atoms with Crippen LogP contribution in [0.5, 0.6) is 0 Å². The molecule has 8 heteroatoms. The number of hydrazone groups is 1. The van der Waals surface area contributed by atoms with E-state index in [1.165, 1.54) is 5.57 Å². The monoisotopic (exact) mass is 481 g/mol. The molecular weight excluding hydrogens is 436 g/mol. The summed E-state index contributed by atoms with van der Waals surface area (Å²) in [5, 5.41) is 10.7. The number of allylic oxidation sites excluding steroid dienone is 3. The average Bonchev–Trinajstić information content (AvgIpc) is 3.17. The molecule has 0 spiro atoms. The number of aromatic nitrogens is 2. The van der Waals surface area contributed by atoms with Gasteiger partial charge in [0.1, 0.15) is 0 Å².